The summed E-state index contributed by atoms with van der Waals surface area (Å²) >= 11 is 0. The molecule has 0 unspecified atom stereocenters. The van der Waals surface area contributed by atoms with E-state index in [1.54, 1.807) is 7.11 Å². The summed E-state index contributed by atoms with van der Waals surface area (Å²) in [5.74, 6) is 0.924. The molecule has 23 heavy (non-hydrogen) atoms. The SMILES string of the molecule is COc1ccc(Cn2cnc3cc4c(cc32)[C@@H](N)CC4)cc1C. The molecule has 1 aliphatic carbocycles. The number of methoxy groups -OCH3 is 1. The molecule has 0 radical (unpaired) electrons. The molecule has 0 amide bonds. The van der Waals surface area contributed by atoms with Gasteiger partial charge in [-0.2, -0.15) is 0 Å². The van der Waals surface area contributed by atoms with Crippen molar-refractivity contribution >= 4 is 11.0 Å². The zero-order valence-electron chi connectivity index (χ0n) is 13.5. The van der Waals surface area contributed by atoms with E-state index >= 15 is 0 Å². The van der Waals surface area contributed by atoms with Gasteiger partial charge in [-0.1, -0.05) is 12.1 Å². The molecular weight excluding hydrogens is 286 g/mol. The molecule has 2 aromatic carbocycles. The lowest BCUT2D eigenvalue weighted by Crippen LogP contribution is -2.05. The minimum Gasteiger partial charge on any atom is -0.496 e. The van der Waals surface area contributed by atoms with Crippen molar-refractivity contribution in [2.24, 2.45) is 5.73 Å². The van der Waals surface area contributed by atoms with E-state index in [-0.39, 0.29) is 6.04 Å². The van der Waals surface area contributed by atoms with Crippen molar-refractivity contribution in [2.45, 2.75) is 32.4 Å². The number of aromatic nitrogens is 2. The Morgan fingerprint density at radius 2 is 2.17 bits per heavy atom. The molecule has 3 aromatic rings. The molecule has 4 rings (SSSR count). The molecule has 4 heteroatoms. The van der Waals surface area contributed by atoms with Crippen molar-refractivity contribution in [3.05, 3.63) is 58.9 Å². The molecule has 4 nitrogen and oxygen atoms in total. The maximum absolute atomic E-state index is 6.22. The topological polar surface area (TPSA) is 53.1 Å². The molecule has 0 saturated carbocycles. The summed E-state index contributed by atoms with van der Waals surface area (Å²) in [5.41, 5.74) is 13.5. The fourth-order valence-corrected chi connectivity index (χ4v) is 3.55. The Kier molecular flexibility index (Phi) is 3.34. The monoisotopic (exact) mass is 307 g/mol. The highest BCUT2D eigenvalue weighted by Crippen LogP contribution is 2.32. The number of rotatable bonds is 3. The quantitative estimate of drug-likeness (QED) is 0.807. The van der Waals surface area contributed by atoms with Crippen LogP contribution in [0.1, 0.15) is 34.7 Å². The number of hydrogen-bond donors (Lipinski definition) is 1. The number of benzene rings is 2. The van der Waals surface area contributed by atoms with Crippen LogP contribution in [0, 0.1) is 6.92 Å². The third-order valence-electron chi connectivity index (χ3n) is 4.82. The average Bonchev–Trinajstić information content (AvgIpc) is 3.10. The van der Waals surface area contributed by atoms with Crippen LogP contribution in [0.2, 0.25) is 0 Å². The number of aryl methyl sites for hydroxylation is 2. The molecule has 0 spiro atoms. The van der Waals surface area contributed by atoms with Crippen LogP contribution >= 0.6 is 0 Å². The third-order valence-corrected chi connectivity index (χ3v) is 4.82. The van der Waals surface area contributed by atoms with Crippen LogP contribution in [0.15, 0.2) is 36.7 Å². The lowest BCUT2D eigenvalue weighted by Gasteiger charge is -2.10. The first-order valence-corrected chi connectivity index (χ1v) is 8.02. The van der Waals surface area contributed by atoms with Crippen LogP contribution in [-0.4, -0.2) is 16.7 Å². The van der Waals surface area contributed by atoms with Gasteiger partial charge in [-0.3, -0.25) is 0 Å². The average molecular weight is 307 g/mol. The number of imidazole rings is 1. The van der Waals surface area contributed by atoms with E-state index < -0.39 is 0 Å². The Hall–Kier alpha value is -2.33. The zero-order valence-corrected chi connectivity index (χ0v) is 13.5. The predicted octanol–water partition coefficient (Wildman–Crippen LogP) is 3.35. The van der Waals surface area contributed by atoms with Crippen molar-refractivity contribution in [1.82, 2.24) is 9.55 Å². The number of nitrogens with two attached hydrogens (primary N) is 1. The lowest BCUT2D eigenvalue weighted by atomic mass is 10.1. The fraction of sp³-hybridized carbons (Fsp3) is 0.316. The Morgan fingerprint density at radius 3 is 2.96 bits per heavy atom. The van der Waals surface area contributed by atoms with E-state index in [2.05, 4.69) is 40.7 Å². The van der Waals surface area contributed by atoms with Crippen molar-refractivity contribution < 1.29 is 4.74 Å². The van der Waals surface area contributed by atoms with Gasteiger partial charge in [0.2, 0.25) is 0 Å². The highest BCUT2D eigenvalue weighted by molar-refractivity contribution is 5.78. The summed E-state index contributed by atoms with van der Waals surface area (Å²) in [6, 6.07) is 10.9. The summed E-state index contributed by atoms with van der Waals surface area (Å²) in [4.78, 5) is 4.57. The van der Waals surface area contributed by atoms with Gasteiger partial charge < -0.3 is 15.0 Å². The summed E-state index contributed by atoms with van der Waals surface area (Å²) in [7, 11) is 1.70. The van der Waals surface area contributed by atoms with E-state index in [9.17, 15) is 0 Å². The summed E-state index contributed by atoms with van der Waals surface area (Å²) in [6.45, 7) is 2.87. The van der Waals surface area contributed by atoms with Gasteiger partial charge in [0.25, 0.3) is 0 Å². The normalized spacial score (nSPS) is 16.7. The zero-order chi connectivity index (χ0) is 16.0. The third kappa shape index (κ3) is 2.39. The van der Waals surface area contributed by atoms with E-state index in [1.165, 1.54) is 16.7 Å². The second kappa shape index (κ2) is 5.39. The highest BCUT2D eigenvalue weighted by Gasteiger charge is 2.20. The second-order valence-corrected chi connectivity index (χ2v) is 6.36. The number of nitrogens with zero attached hydrogens (tertiary/aromatic N) is 2. The molecule has 0 bridgehead atoms. The Morgan fingerprint density at radius 1 is 1.30 bits per heavy atom. The molecular formula is C19H21N3O. The summed E-state index contributed by atoms with van der Waals surface area (Å²) in [6.07, 6.45) is 4.03. The van der Waals surface area contributed by atoms with Crippen LogP contribution in [0.25, 0.3) is 11.0 Å². The minimum absolute atomic E-state index is 0.168. The molecule has 118 valence electrons. The first kappa shape index (κ1) is 14.3. The van der Waals surface area contributed by atoms with Crippen LogP contribution in [0.4, 0.5) is 0 Å². The van der Waals surface area contributed by atoms with Gasteiger partial charge in [-0.15, -0.1) is 0 Å². The van der Waals surface area contributed by atoms with E-state index in [4.69, 9.17) is 10.5 Å². The van der Waals surface area contributed by atoms with Crippen LogP contribution < -0.4 is 10.5 Å². The van der Waals surface area contributed by atoms with Gasteiger partial charge in [0.15, 0.2) is 0 Å². The van der Waals surface area contributed by atoms with Gasteiger partial charge in [0, 0.05) is 12.6 Å². The molecule has 2 N–H and O–H groups in total. The Labute approximate surface area is 135 Å². The van der Waals surface area contributed by atoms with Gasteiger partial charge in [-0.25, -0.2) is 4.98 Å². The molecule has 1 atom stereocenters. The van der Waals surface area contributed by atoms with Gasteiger partial charge in [-0.05, 0) is 60.2 Å². The summed E-state index contributed by atoms with van der Waals surface area (Å²) < 4.78 is 7.53. The van der Waals surface area contributed by atoms with E-state index in [0.717, 1.165) is 41.7 Å². The summed E-state index contributed by atoms with van der Waals surface area (Å²) in [5, 5.41) is 0. The van der Waals surface area contributed by atoms with Gasteiger partial charge in [0.1, 0.15) is 5.75 Å². The predicted molar refractivity (Wildman–Crippen MR) is 91.8 cm³/mol. The number of ether oxygens (including phenoxy) is 1. The van der Waals surface area contributed by atoms with E-state index in [0.29, 0.717) is 0 Å². The Bertz CT molecular complexity index is 882. The molecule has 1 aliphatic rings. The van der Waals surface area contributed by atoms with Crippen LogP contribution in [-0.2, 0) is 13.0 Å². The fourth-order valence-electron chi connectivity index (χ4n) is 3.55. The maximum atomic E-state index is 6.22. The second-order valence-electron chi connectivity index (χ2n) is 6.36. The maximum Gasteiger partial charge on any atom is 0.121 e. The first-order valence-electron chi connectivity index (χ1n) is 8.02. The van der Waals surface area contributed by atoms with Crippen LogP contribution in [0.3, 0.4) is 0 Å². The van der Waals surface area contributed by atoms with Crippen LogP contribution in [0.5, 0.6) is 5.75 Å². The first-order chi connectivity index (χ1) is 11.2. The van der Waals surface area contributed by atoms with Crippen molar-refractivity contribution in [2.75, 3.05) is 7.11 Å². The highest BCUT2D eigenvalue weighted by atomic mass is 16.5. The molecule has 0 aliphatic heterocycles. The van der Waals surface area contributed by atoms with Crippen molar-refractivity contribution in [3.8, 4) is 5.75 Å². The molecule has 1 aromatic heterocycles. The lowest BCUT2D eigenvalue weighted by molar-refractivity contribution is 0.411. The molecule has 0 saturated heterocycles. The number of fused-ring (bicyclic) bond motifs is 2. The molecule has 0 fully saturated rings. The standard InChI is InChI=1S/C19H21N3O/c1-12-7-13(3-6-19(12)23-2)10-22-11-21-17-8-14-4-5-16(20)15(14)9-18(17)22/h3,6-9,11,16H,4-5,10,20H2,1-2H3/t16-/m0/s1. The molecule has 1 heterocycles. The van der Waals surface area contributed by atoms with Crippen molar-refractivity contribution in [1.29, 1.82) is 0 Å². The van der Waals surface area contributed by atoms with Crippen molar-refractivity contribution in [3.63, 3.8) is 0 Å². The Balaban J connectivity index is 1.72. The van der Waals surface area contributed by atoms with E-state index in [1.807, 2.05) is 12.4 Å². The number of hydrogen-bond acceptors (Lipinski definition) is 3. The largest absolute Gasteiger partial charge is 0.496 e. The minimum atomic E-state index is 0.168. The van der Waals surface area contributed by atoms with Gasteiger partial charge in [0.05, 0.1) is 24.5 Å². The van der Waals surface area contributed by atoms with Gasteiger partial charge >= 0.3 is 0 Å². The smallest absolute Gasteiger partial charge is 0.121 e.